The zero-order valence-electron chi connectivity index (χ0n) is 13.0. The summed E-state index contributed by atoms with van der Waals surface area (Å²) in [6.45, 7) is 3.33. The van der Waals surface area contributed by atoms with Crippen LogP contribution in [0.1, 0.15) is 61.4 Å². The Morgan fingerprint density at radius 3 is 2.76 bits per heavy atom. The smallest absolute Gasteiger partial charge is 0.338 e. The minimum Gasteiger partial charge on any atom is -0.459 e. The van der Waals surface area contributed by atoms with Crippen molar-refractivity contribution in [1.29, 1.82) is 0 Å². The second-order valence-electron chi connectivity index (χ2n) is 5.77. The number of unbranched alkanes of at least 4 members (excludes halogenated alkanes) is 5. The van der Waals surface area contributed by atoms with Crippen molar-refractivity contribution >= 4 is 5.97 Å². The van der Waals surface area contributed by atoms with Gasteiger partial charge in [-0.1, -0.05) is 51.2 Å². The van der Waals surface area contributed by atoms with Crippen LogP contribution in [-0.2, 0) is 15.9 Å². The standard InChI is InChI=1S/C18H26O3/c1-2-3-4-5-6-7-9-15-10-8-11-16(12-15)18(19)21-14-17-13-20-17/h8,10-12,17H,2-7,9,13-14H2,1H3. The molecule has 0 N–H and O–H groups in total. The van der Waals surface area contributed by atoms with Crippen LogP contribution < -0.4 is 0 Å². The maximum Gasteiger partial charge on any atom is 0.338 e. The number of epoxide rings is 1. The Morgan fingerprint density at radius 1 is 1.24 bits per heavy atom. The summed E-state index contributed by atoms with van der Waals surface area (Å²) in [6, 6.07) is 7.81. The predicted molar refractivity (Wildman–Crippen MR) is 83.5 cm³/mol. The van der Waals surface area contributed by atoms with E-state index in [0.29, 0.717) is 18.8 Å². The van der Waals surface area contributed by atoms with Crippen LogP contribution in [-0.4, -0.2) is 25.3 Å². The number of esters is 1. The molecule has 1 heterocycles. The van der Waals surface area contributed by atoms with Crippen LogP contribution in [0.15, 0.2) is 24.3 Å². The number of carbonyl (C=O) groups is 1. The third kappa shape index (κ3) is 6.30. The van der Waals surface area contributed by atoms with E-state index in [1.54, 1.807) is 0 Å². The summed E-state index contributed by atoms with van der Waals surface area (Å²) in [5, 5.41) is 0. The Bertz CT molecular complexity index is 438. The molecule has 21 heavy (non-hydrogen) atoms. The summed E-state index contributed by atoms with van der Waals surface area (Å²) in [4.78, 5) is 11.9. The lowest BCUT2D eigenvalue weighted by molar-refractivity contribution is 0.0476. The van der Waals surface area contributed by atoms with Gasteiger partial charge in [-0.25, -0.2) is 4.79 Å². The van der Waals surface area contributed by atoms with E-state index in [0.717, 1.165) is 6.42 Å². The number of benzene rings is 1. The topological polar surface area (TPSA) is 38.8 Å². The monoisotopic (exact) mass is 290 g/mol. The highest BCUT2D eigenvalue weighted by Gasteiger charge is 2.24. The molecule has 0 spiro atoms. The Balaban J connectivity index is 1.70. The van der Waals surface area contributed by atoms with E-state index >= 15 is 0 Å². The Labute approximate surface area is 127 Å². The van der Waals surface area contributed by atoms with Gasteiger partial charge in [-0.15, -0.1) is 0 Å². The van der Waals surface area contributed by atoms with E-state index in [-0.39, 0.29) is 12.1 Å². The van der Waals surface area contributed by atoms with Crippen molar-refractivity contribution in [1.82, 2.24) is 0 Å². The van der Waals surface area contributed by atoms with Crippen molar-refractivity contribution < 1.29 is 14.3 Å². The fourth-order valence-corrected chi connectivity index (χ4v) is 2.38. The summed E-state index contributed by atoms with van der Waals surface area (Å²) in [5.41, 5.74) is 1.88. The van der Waals surface area contributed by atoms with Gasteiger partial charge in [-0.3, -0.25) is 0 Å². The molecule has 1 saturated heterocycles. The molecule has 0 amide bonds. The van der Waals surface area contributed by atoms with Crippen LogP contribution in [0.4, 0.5) is 0 Å². The average Bonchev–Trinajstić information content (AvgIpc) is 3.33. The van der Waals surface area contributed by atoms with Crippen molar-refractivity contribution in [3.8, 4) is 0 Å². The van der Waals surface area contributed by atoms with Gasteiger partial charge in [0.2, 0.25) is 0 Å². The van der Waals surface area contributed by atoms with Crippen molar-refractivity contribution in [2.75, 3.05) is 13.2 Å². The van der Waals surface area contributed by atoms with Crippen LogP contribution in [0, 0.1) is 0 Å². The van der Waals surface area contributed by atoms with Crippen LogP contribution in [0.25, 0.3) is 0 Å². The average molecular weight is 290 g/mol. The van der Waals surface area contributed by atoms with Crippen LogP contribution in [0.2, 0.25) is 0 Å². The summed E-state index contributed by atoms with van der Waals surface area (Å²) in [7, 11) is 0. The highest BCUT2D eigenvalue weighted by Crippen LogP contribution is 2.14. The first kappa shape index (κ1) is 16.0. The van der Waals surface area contributed by atoms with Crippen molar-refractivity contribution in [2.45, 2.75) is 58.0 Å². The minimum absolute atomic E-state index is 0.125. The zero-order chi connectivity index (χ0) is 14.9. The van der Waals surface area contributed by atoms with E-state index in [1.165, 1.54) is 44.1 Å². The van der Waals surface area contributed by atoms with Gasteiger partial charge in [0, 0.05) is 0 Å². The van der Waals surface area contributed by atoms with E-state index < -0.39 is 0 Å². The maximum atomic E-state index is 11.9. The molecular formula is C18H26O3. The Kier molecular flexibility index (Phi) is 6.74. The predicted octanol–water partition coefficient (Wildman–Crippen LogP) is 4.15. The third-order valence-corrected chi connectivity index (χ3v) is 3.78. The van der Waals surface area contributed by atoms with Crippen LogP contribution in [0.5, 0.6) is 0 Å². The lowest BCUT2D eigenvalue weighted by Crippen LogP contribution is -2.10. The quantitative estimate of drug-likeness (QED) is 0.369. The molecule has 0 aliphatic carbocycles. The molecule has 1 unspecified atom stereocenters. The first-order valence-electron chi connectivity index (χ1n) is 8.17. The molecule has 0 saturated carbocycles. The maximum absolute atomic E-state index is 11.9. The number of carbonyl (C=O) groups excluding carboxylic acids is 1. The van der Waals surface area contributed by atoms with E-state index in [4.69, 9.17) is 9.47 Å². The molecule has 3 heteroatoms. The lowest BCUT2D eigenvalue weighted by Gasteiger charge is -2.06. The largest absolute Gasteiger partial charge is 0.459 e. The molecule has 1 aromatic rings. The van der Waals surface area contributed by atoms with Gasteiger partial charge in [0.05, 0.1) is 12.2 Å². The molecule has 1 aromatic carbocycles. The van der Waals surface area contributed by atoms with Gasteiger partial charge in [-0.05, 0) is 30.5 Å². The first-order chi connectivity index (χ1) is 10.3. The van der Waals surface area contributed by atoms with Gasteiger partial charge in [-0.2, -0.15) is 0 Å². The van der Waals surface area contributed by atoms with Crippen molar-refractivity contribution in [2.24, 2.45) is 0 Å². The molecule has 116 valence electrons. The lowest BCUT2D eigenvalue weighted by atomic mass is 10.0. The minimum atomic E-state index is -0.240. The number of hydrogen-bond acceptors (Lipinski definition) is 3. The van der Waals surface area contributed by atoms with Crippen LogP contribution >= 0.6 is 0 Å². The SMILES string of the molecule is CCCCCCCCc1cccc(C(=O)OCC2CO2)c1. The van der Waals surface area contributed by atoms with Gasteiger partial charge in [0.15, 0.2) is 0 Å². The molecule has 1 aliphatic rings. The number of aryl methyl sites for hydroxylation is 1. The van der Waals surface area contributed by atoms with Crippen LogP contribution in [0.3, 0.4) is 0 Å². The number of rotatable bonds is 10. The van der Waals surface area contributed by atoms with Crippen molar-refractivity contribution in [3.63, 3.8) is 0 Å². The molecule has 1 fully saturated rings. The Morgan fingerprint density at radius 2 is 2.00 bits per heavy atom. The molecule has 0 bridgehead atoms. The summed E-state index contributed by atoms with van der Waals surface area (Å²) in [5.74, 6) is -0.240. The second-order valence-corrected chi connectivity index (χ2v) is 5.77. The van der Waals surface area contributed by atoms with Gasteiger partial charge in [0.1, 0.15) is 12.7 Å². The Hall–Kier alpha value is -1.35. The van der Waals surface area contributed by atoms with E-state index in [2.05, 4.69) is 13.0 Å². The molecule has 3 nitrogen and oxygen atoms in total. The molecule has 2 rings (SSSR count). The van der Waals surface area contributed by atoms with E-state index in [1.807, 2.05) is 18.2 Å². The fraction of sp³-hybridized carbons (Fsp3) is 0.611. The summed E-state index contributed by atoms with van der Waals surface area (Å²) < 4.78 is 10.2. The summed E-state index contributed by atoms with van der Waals surface area (Å²) >= 11 is 0. The van der Waals surface area contributed by atoms with Gasteiger partial charge in [0.25, 0.3) is 0 Å². The molecule has 1 atom stereocenters. The summed E-state index contributed by atoms with van der Waals surface area (Å²) in [6.07, 6.45) is 8.91. The van der Waals surface area contributed by atoms with Gasteiger partial charge < -0.3 is 9.47 Å². The highest BCUT2D eigenvalue weighted by molar-refractivity contribution is 5.89. The first-order valence-corrected chi connectivity index (χ1v) is 8.17. The highest BCUT2D eigenvalue weighted by atomic mass is 16.6. The number of hydrogen-bond donors (Lipinski definition) is 0. The number of ether oxygens (including phenoxy) is 2. The van der Waals surface area contributed by atoms with E-state index in [9.17, 15) is 4.79 Å². The third-order valence-electron chi connectivity index (χ3n) is 3.78. The van der Waals surface area contributed by atoms with Crippen molar-refractivity contribution in [3.05, 3.63) is 35.4 Å². The molecule has 0 radical (unpaired) electrons. The molecular weight excluding hydrogens is 264 g/mol. The molecule has 1 aliphatic heterocycles. The normalized spacial score (nSPS) is 16.7. The molecule has 0 aromatic heterocycles. The fourth-order valence-electron chi connectivity index (χ4n) is 2.38. The van der Waals surface area contributed by atoms with Gasteiger partial charge >= 0.3 is 5.97 Å². The second kappa shape index (κ2) is 8.83. The zero-order valence-corrected chi connectivity index (χ0v) is 13.0.